The molecule has 5 N–H and O–H groups in total. The molecule has 1 saturated carbocycles. The summed E-state index contributed by atoms with van der Waals surface area (Å²) in [4.78, 5) is 13.0. The van der Waals surface area contributed by atoms with Gasteiger partial charge in [0.25, 0.3) is 0 Å². The molecule has 7 nitrogen and oxygen atoms in total. The van der Waals surface area contributed by atoms with Crippen LogP contribution in [0.2, 0.25) is 0 Å². The maximum atomic E-state index is 13.0. The van der Waals surface area contributed by atoms with Crippen molar-refractivity contribution in [3.05, 3.63) is 0 Å². The molecule has 3 fully saturated rings. The first-order chi connectivity index (χ1) is 13.8. The highest BCUT2D eigenvalue weighted by Crippen LogP contribution is 2.35. The van der Waals surface area contributed by atoms with Gasteiger partial charge in [0, 0.05) is 0 Å². The Kier molecular flexibility index (Phi) is 8.52. The monoisotopic (exact) mass is 450 g/mol. The van der Waals surface area contributed by atoms with Crippen LogP contribution in [-0.4, -0.2) is 81.3 Å². The molecule has 1 amide bonds. The van der Waals surface area contributed by atoms with Crippen molar-refractivity contribution in [1.29, 1.82) is 0 Å². The number of hydrogen-bond acceptors (Lipinski definition) is 7. The summed E-state index contributed by atoms with van der Waals surface area (Å²) in [5.41, 5.74) is -0.701. The summed E-state index contributed by atoms with van der Waals surface area (Å²) >= 11 is 7.59. The second-order valence-electron chi connectivity index (χ2n) is 8.82. The topological polar surface area (TPSA) is 111 Å². The number of carbonyl (C=O) groups excluding carboxylic acids is 1. The molecule has 0 aromatic carbocycles. The zero-order valence-corrected chi connectivity index (χ0v) is 18.7. The molecule has 29 heavy (non-hydrogen) atoms. The summed E-state index contributed by atoms with van der Waals surface area (Å²) in [6.45, 7) is 2.54. The molecule has 0 radical (unpaired) electrons. The Bertz CT molecular complexity index is 551. The van der Waals surface area contributed by atoms with E-state index in [-0.39, 0.29) is 11.9 Å². The zero-order valence-electron chi connectivity index (χ0n) is 17.2. The van der Waals surface area contributed by atoms with Crippen molar-refractivity contribution < 1.29 is 24.9 Å². The predicted octanol–water partition coefficient (Wildman–Crippen LogP) is 0.827. The first-order valence-electron chi connectivity index (χ1n) is 10.7. The van der Waals surface area contributed by atoms with E-state index in [1.165, 1.54) is 37.4 Å². The first kappa shape index (κ1) is 23.6. The highest BCUT2D eigenvalue weighted by Gasteiger charge is 2.48. The number of alkyl halides is 1. The van der Waals surface area contributed by atoms with Crippen molar-refractivity contribution in [1.82, 2.24) is 10.6 Å². The Morgan fingerprint density at radius 3 is 2.52 bits per heavy atom. The van der Waals surface area contributed by atoms with Crippen LogP contribution < -0.4 is 10.6 Å². The van der Waals surface area contributed by atoms with Crippen molar-refractivity contribution in [2.24, 2.45) is 11.8 Å². The van der Waals surface area contributed by atoms with E-state index in [0.29, 0.717) is 5.92 Å². The van der Waals surface area contributed by atoms with E-state index >= 15 is 0 Å². The van der Waals surface area contributed by atoms with Crippen LogP contribution in [0.1, 0.15) is 45.4 Å². The third kappa shape index (κ3) is 5.59. The number of amides is 1. The van der Waals surface area contributed by atoms with E-state index in [2.05, 4.69) is 10.6 Å². The first-order valence-corrected chi connectivity index (χ1v) is 12.4. The summed E-state index contributed by atoms with van der Waals surface area (Å²) in [7, 11) is 0. The van der Waals surface area contributed by atoms with Crippen molar-refractivity contribution in [3.8, 4) is 0 Å². The Hall–Kier alpha value is -0.0900. The van der Waals surface area contributed by atoms with E-state index < -0.39 is 41.3 Å². The number of aliphatic hydroxyl groups excluding tert-OH is 3. The molecule has 2 heterocycles. The van der Waals surface area contributed by atoms with Gasteiger partial charge in [0.05, 0.1) is 17.5 Å². The van der Waals surface area contributed by atoms with Crippen LogP contribution in [-0.2, 0) is 9.53 Å². The molecule has 0 aromatic rings. The van der Waals surface area contributed by atoms with Crippen LogP contribution >= 0.6 is 23.4 Å². The second-order valence-corrected chi connectivity index (χ2v) is 10.4. The van der Waals surface area contributed by atoms with E-state index in [9.17, 15) is 20.1 Å². The van der Waals surface area contributed by atoms with Gasteiger partial charge < -0.3 is 30.7 Å². The van der Waals surface area contributed by atoms with Gasteiger partial charge in [0.1, 0.15) is 29.9 Å². The summed E-state index contributed by atoms with van der Waals surface area (Å²) < 4.78 is 5.82. The van der Waals surface area contributed by atoms with Crippen molar-refractivity contribution in [2.45, 2.75) is 92.8 Å². The molecule has 0 spiro atoms. The van der Waals surface area contributed by atoms with Gasteiger partial charge in [-0.05, 0) is 50.8 Å². The zero-order chi connectivity index (χ0) is 21.1. The van der Waals surface area contributed by atoms with Gasteiger partial charge in [-0.25, -0.2) is 0 Å². The van der Waals surface area contributed by atoms with Crippen LogP contribution in [0.25, 0.3) is 0 Å². The Balaban J connectivity index is 1.62. The minimum absolute atomic E-state index is 0.155. The lowest BCUT2D eigenvalue weighted by Crippen LogP contribution is -2.65. The molecule has 3 aliphatic rings. The van der Waals surface area contributed by atoms with Gasteiger partial charge in [0.2, 0.25) is 5.91 Å². The molecular weight excluding hydrogens is 416 g/mol. The Morgan fingerprint density at radius 2 is 1.93 bits per heavy atom. The fourth-order valence-corrected chi connectivity index (χ4v) is 5.58. The minimum atomic E-state index is -1.36. The number of halogens is 1. The largest absolute Gasteiger partial charge is 0.388 e. The Labute approximate surface area is 182 Å². The van der Waals surface area contributed by atoms with E-state index in [4.69, 9.17) is 16.3 Å². The van der Waals surface area contributed by atoms with Crippen molar-refractivity contribution in [2.75, 3.05) is 12.8 Å². The van der Waals surface area contributed by atoms with Gasteiger partial charge in [0.15, 0.2) is 0 Å². The standard InChI is InChI=1S/C20H35ClN2O5S/c1-10(21)14(18-16(25)15(24)17(26)20(28-18)29-2)23-19(27)13-9-12(6-7-22-13)8-11-4-3-5-11/h10-18,20,22,24-26H,3-9H2,1-2H3,(H,23,27)/t10-,12-,13-,14+,15-,16+,17+,18?,20+/m0/s1. The number of rotatable bonds is 7. The predicted molar refractivity (Wildman–Crippen MR) is 114 cm³/mol. The van der Waals surface area contributed by atoms with E-state index in [1.54, 1.807) is 13.2 Å². The average molecular weight is 451 g/mol. The van der Waals surface area contributed by atoms with Gasteiger partial charge >= 0.3 is 0 Å². The second kappa shape index (κ2) is 10.5. The van der Waals surface area contributed by atoms with Crippen LogP contribution in [0.4, 0.5) is 0 Å². The van der Waals surface area contributed by atoms with Gasteiger partial charge in [-0.2, -0.15) is 0 Å². The number of carbonyl (C=O) groups is 1. The molecule has 9 heteroatoms. The molecule has 1 aliphatic carbocycles. The minimum Gasteiger partial charge on any atom is -0.388 e. The molecule has 2 aliphatic heterocycles. The third-order valence-corrected chi connectivity index (χ3v) is 7.84. The molecule has 0 bridgehead atoms. The SMILES string of the molecule is CS[C@H]1OC([C@H](NC(=O)[C@@H]2C[C@H](CC3CCC3)CCN2)[C@H](C)Cl)[C@H](O)[C@H](O)[C@H]1O. The molecule has 9 atom stereocenters. The third-order valence-electron chi connectivity index (χ3n) is 6.72. The molecule has 1 unspecified atom stereocenters. The number of thioether (sulfide) groups is 1. The van der Waals surface area contributed by atoms with E-state index in [0.717, 1.165) is 25.3 Å². The number of hydrogen-bond donors (Lipinski definition) is 5. The maximum absolute atomic E-state index is 13.0. The molecule has 3 rings (SSSR count). The molecular formula is C20H35ClN2O5S. The van der Waals surface area contributed by atoms with Gasteiger partial charge in [-0.1, -0.05) is 19.3 Å². The molecule has 168 valence electrons. The molecule has 0 aromatic heterocycles. The lowest BCUT2D eigenvalue weighted by molar-refractivity contribution is -0.205. The lowest BCUT2D eigenvalue weighted by atomic mass is 9.75. The summed E-state index contributed by atoms with van der Waals surface area (Å²) in [5.74, 6) is 1.22. The average Bonchev–Trinajstić information content (AvgIpc) is 2.68. The van der Waals surface area contributed by atoms with Crippen LogP contribution in [0.3, 0.4) is 0 Å². The quantitative estimate of drug-likeness (QED) is 0.365. The van der Waals surface area contributed by atoms with Crippen LogP contribution in [0, 0.1) is 11.8 Å². The van der Waals surface area contributed by atoms with E-state index in [1.807, 2.05) is 0 Å². The van der Waals surface area contributed by atoms with Gasteiger partial charge in [-0.3, -0.25) is 4.79 Å². The fourth-order valence-electron chi connectivity index (χ4n) is 4.70. The maximum Gasteiger partial charge on any atom is 0.237 e. The number of nitrogens with one attached hydrogen (secondary N) is 2. The fraction of sp³-hybridized carbons (Fsp3) is 0.950. The van der Waals surface area contributed by atoms with Crippen LogP contribution in [0.5, 0.6) is 0 Å². The van der Waals surface area contributed by atoms with Crippen molar-refractivity contribution in [3.63, 3.8) is 0 Å². The molecule has 2 saturated heterocycles. The number of piperidine rings is 1. The smallest absolute Gasteiger partial charge is 0.237 e. The van der Waals surface area contributed by atoms with Gasteiger partial charge in [-0.15, -0.1) is 23.4 Å². The number of aliphatic hydroxyl groups is 3. The summed E-state index contributed by atoms with van der Waals surface area (Å²) in [6, 6.07) is -0.982. The normalized spacial score (nSPS) is 40.7. The number of ether oxygens (including phenoxy) is 1. The van der Waals surface area contributed by atoms with Crippen molar-refractivity contribution >= 4 is 29.3 Å². The highest BCUT2D eigenvalue weighted by molar-refractivity contribution is 7.99. The summed E-state index contributed by atoms with van der Waals surface area (Å²) in [5, 5.41) is 36.5. The summed E-state index contributed by atoms with van der Waals surface area (Å²) in [6.07, 6.45) is 3.99. The van der Waals surface area contributed by atoms with Crippen LogP contribution in [0.15, 0.2) is 0 Å². The Morgan fingerprint density at radius 1 is 1.21 bits per heavy atom. The highest BCUT2D eigenvalue weighted by atomic mass is 35.5. The lowest BCUT2D eigenvalue weighted by Gasteiger charge is -2.44.